The number of hydrogen-bond acceptors (Lipinski definition) is 4. The van der Waals surface area contributed by atoms with Gasteiger partial charge in [0.05, 0.1) is 6.21 Å². The zero-order valence-corrected chi connectivity index (χ0v) is 15.8. The van der Waals surface area contributed by atoms with E-state index >= 15 is 0 Å². The molecule has 6 nitrogen and oxygen atoms in total. The van der Waals surface area contributed by atoms with Crippen LogP contribution in [0.3, 0.4) is 0 Å². The number of carbonyl (C=O) groups is 2. The van der Waals surface area contributed by atoms with Gasteiger partial charge in [0.15, 0.2) is 0 Å². The lowest BCUT2D eigenvalue weighted by molar-refractivity contribution is -0.139. The van der Waals surface area contributed by atoms with Crippen molar-refractivity contribution in [1.82, 2.24) is 10.7 Å². The molecular formula is C19H17Cl2N3O3. The summed E-state index contributed by atoms with van der Waals surface area (Å²) < 4.78 is 5.36. The van der Waals surface area contributed by atoms with Gasteiger partial charge in [0.25, 0.3) is 0 Å². The molecule has 27 heavy (non-hydrogen) atoms. The van der Waals surface area contributed by atoms with E-state index in [0.29, 0.717) is 28.0 Å². The number of nitrogens with one attached hydrogen (secondary N) is 2. The average molecular weight is 406 g/mol. The lowest BCUT2D eigenvalue weighted by Gasteiger charge is -2.06. The van der Waals surface area contributed by atoms with Crippen molar-refractivity contribution >= 4 is 41.2 Å². The minimum Gasteiger partial charge on any atom is -0.490 e. The zero-order valence-electron chi connectivity index (χ0n) is 14.2. The third-order valence-corrected chi connectivity index (χ3v) is 3.88. The summed E-state index contributed by atoms with van der Waals surface area (Å²) in [6, 6.07) is 11.9. The molecule has 0 fully saturated rings. The molecule has 0 saturated heterocycles. The molecule has 0 bridgehead atoms. The predicted molar refractivity (Wildman–Crippen MR) is 106 cm³/mol. The van der Waals surface area contributed by atoms with Crippen LogP contribution in [0.1, 0.15) is 11.1 Å². The van der Waals surface area contributed by atoms with Crippen LogP contribution in [0, 0.1) is 0 Å². The van der Waals surface area contributed by atoms with Crippen LogP contribution in [0.5, 0.6) is 5.75 Å². The lowest BCUT2D eigenvalue weighted by Crippen LogP contribution is -2.37. The molecule has 0 aliphatic carbocycles. The highest BCUT2D eigenvalue weighted by atomic mass is 35.5. The molecule has 2 aromatic carbocycles. The van der Waals surface area contributed by atoms with E-state index in [-0.39, 0.29) is 6.54 Å². The molecule has 2 amide bonds. The number of hydrogen-bond donors (Lipinski definition) is 2. The Labute approximate surface area is 166 Å². The van der Waals surface area contributed by atoms with Crippen molar-refractivity contribution in [2.24, 2.45) is 5.10 Å². The van der Waals surface area contributed by atoms with Crippen LogP contribution < -0.4 is 15.5 Å². The molecule has 0 spiro atoms. The number of halogens is 2. The first-order valence-corrected chi connectivity index (χ1v) is 8.64. The predicted octanol–water partition coefficient (Wildman–Crippen LogP) is 3.32. The van der Waals surface area contributed by atoms with Gasteiger partial charge < -0.3 is 10.1 Å². The van der Waals surface area contributed by atoms with Crippen molar-refractivity contribution < 1.29 is 14.3 Å². The summed E-state index contributed by atoms with van der Waals surface area (Å²) in [5.74, 6) is -1.02. The van der Waals surface area contributed by atoms with Gasteiger partial charge in [-0.1, -0.05) is 41.9 Å². The number of benzene rings is 2. The van der Waals surface area contributed by atoms with E-state index in [1.54, 1.807) is 48.5 Å². The van der Waals surface area contributed by atoms with Crippen molar-refractivity contribution in [3.63, 3.8) is 0 Å². The Bertz CT molecular complexity index is 852. The molecule has 0 saturated carbocycles. The average Bonchev–Trinajstić information content (AvgIpc) is 2.66. The Morgan fingerprint density at radius 1 is 1.11 bits per heavy atom. The molecular weight excluding hydrogens is 389 g/mol. The van der Waals surface area contributed by atoms with E-state index in [9.17, 15) is 9.59 Å². The van der Waals surface area contributed by atoms with Crippen molar-refractivity contribution in [3.05, 3.63) is 76.3 Å². The van der Waals surface area contributed by atoms with Crippen LogP contribution in [0.25, 0.3) is 0 Å². The van der Waals surface area contributed by atoms with Gasteiger partial charge in [-0.05, 0) is 47.5 Å². The Hall–Kier alpha value is -2.83. The highest BCUT2D eigenvalue weighted by Crippen LogP contribution is 2.20. The number of nitrogens with zero attached hydrogens (tertiary/aromatic N) is 1. The zero-order chi connectivity index (χ0) is 19.6. The van der Waals surface area contributed by atoms with Gasteiger partial charge in [0, 0.05) is 16.6 Å². The highest BCUT2D eigenvalue weighted by molar-refractivity contribution is 6.36. The summed E-state index contributed by atoms with van der Waals surface area (Å²) >= 11 is 11.8. The second-order valence-corrected chi connectivity index (χ2v) is 6.13. The Balaban J connectivity index is 1.81. The molecule has 0 aliphatic heterocycles. The molecule has 0 atom stereocenters. The van der Waals surface area contributed by atoms with Crippen molar-refractivity contribution in [1.29, 1.82) is 0 Å². The minimum absolute atomic E-state index is 0.0954. The maximum Gasteiger partial charge on any atom is 0.329 e. The number of rotatable bonds is 7. The Kier molecular flexibility index (Phi) is 7.85. The third kappa shape index (κ3) is 6.77. The molecule has 0 heterocycles. The monoisotopic (exact) mass is 405 g/mol. The molecule has 0 aliphatic rings. The summed E-state index contributed by atoms with van der Waals surface area (Å²) in [7, 11) is 0. The van der Waals surface area contributed by atoms with Gasteiger partial charge >= 0.3 is 11.8 Å². The fourth-order valence-electron chi connectivity index (χ4n) is 1.94. The van der Waals surface area contributed by atoms with Crippen LogP contribution in [0.2, 0.25) is 10.0 Å². The normalized spacial score (nSPS) is 10.4. The first-order valence-electron chi connectivity index (χ1n) is 7.88. The van der Waals surface area contributed by atoms with Crippen molar-refractivity contribution in [2.45, 2.75) is 6.54 Å². The second kappa shape index (κ2) is 10.4. The maximum absolute atomic E-state index is 11.8. The minimum atomic E-state index is -0.887. The quantitative estimate of drug-likeness (QED) is 0.321. The summed E-state index contributed by atoms with van der Waals surface area (Å²) in [6.45, 7) is 4.08. The van der Waals surface area contributed by atoms with Gasteiger partial charge in [-0.3, -0.25) is 9.59 Å². The number of hydrazone groups is 1. The first kappa shape index (κ1) is 20.5. The maximum atomic E-state index is 11.8. The van der Waals surface area contributed by atoms with E-state index < -0.39 is 11.8 Å². The van der Waals surface area contributed by atoms with Crippen LogP contribution in [0.15, 0.2) is 60.2 Å². The topological polar surface area (TPSA) is 79.8 Å². The molecule has 8 heteroatoms. The standard InChI is InChI=1S/C19H17Cl2N3O3/c1-2-9-27-16-7-3-13(4-8-16)11-23-24-19(26)18(25)22-12-14-5-6-15(20)10-17(14)21/h2-8,10-11H,1,9,12H2,(H,22,25)(H,24,26)/b23-11-. The Morgan fingerprint density at radius 2 is 1.85 bits per heavy atom. The van der Waals surface area contributed by atoms with Crippen molar-refractivity contribution in [2.75, 3.05) is 6.61 Å². The van der Waals surface area contributed by atoms with Crippen LogP contribution in [0.4, 0.5) is 0 Å². The molecule has 0 aromatic heterocycles. The lowest BCUT2D eigenvalue weighted by atomic mass is 10.2. The second-order valence-electron chi connectivity index (χ2n) is 5.29. The third-order valence-electron chi connectivity index (χ3n) is 3.29. The fourth-order valence-corrected chi connectivity index (χ4v) is 2.42. The summed E-state index contributed by atoms with van der Waals surface area (Å²) in [5, 5.41) is 7.10. The van der Waals surface area contributed by atoms with Crippen LogP contribution >= 0.6 is 23.2 Å². The highest BCUT2D eigenvalue weighted by Gasteiger charge is 2.12. The van der Waals surface area contributed by atoms with Gasteiger partial charge in [-0.15, -0.1) is 0 Å². The van der Waals surface area contributed by atoms with Gasteiger partial charge in [0.1, 0.15) is 12.4 Å². The first-order chi connectivity index (χ1) is 13.0. The number of amides is 2. The van der Waals surface area contributed by atoms with Crippen molar-refractivity contribution in [3.8, 4) is 5.75 Å². The van der Waals surface area contributed by atoms with Crippen LogP contribution in [-0.4, -0.2) is 24.6 Å². The molecule has 2 rings (SSSR count). The smallest absolute Gasteiger partial charge is 0.329 e. The summed E-state index contributed by atoms with van der Waals surface area (Å²) in [5.41, 5.74) is 3.53. The summed E-state index contributed by atoms with van der Waals surface area (Å²) in [4.78, 5) is 23.5. The van der Waals surface area contributed by atoms with E-state index in [0.717, 1.165) is 5.56 Å². The number of carbonyl (C=O) groups excluding carboxylic acids is 2. The Morgan fingerprint density at radius 3 is 2.52 bits per heavy atom. The van der Waals surface area contributed by atoms with E-state index in [4.69, 9.17) is 27.9 Å². The van der Waals surface area contributed by atoms with E-state index in [1.165, 1.54) is 6.21 Å². The fraction of sp³-hybridized carbons (Fsp3) is 0.105. The summed E-state index contributed by atoms with van der Waals surface area (Å²) in [6.07, 6.45) is 3.06. The molecule has 0 unspecified atom stereocenters. The van der Waals surface area contributed by atoms with Gasteiger partial charge in [-0.2, -0.15) is 5.10 Å². The molecule has 0 radical (unpaired) electrons. The molecule has 2 N–H and O–H groups in total. The number of ether oxygens (including phenoxy) is 1. The van der Waals surface area contributed by atoms with E-state index in [2.05, 4.69) is 22.4 Å². The molecule has 140 valence electrons. The SMILES string of the molecule is C=CCOc1ccc(/C=N\NC(=O)C(=O)NCc2ccc(Cl)cc2Cl)cc1. The van der Waals surface area contributed by atoms with Crippen LogP contribution in [-0.2, 0) is 16.1 Å². The van der Waals surface area contributed by atoms with Gasteiger partial charge in [-0.25, -0.2) is 5.43 Å². The molecule has 2 aromatic rings. The largest absolute Gasteiger partial charge is 0.490 e. The van der Waals surface area contributed by atoms with Gasteiger partial charge in [0.2, 0.25) is 0 Å². The van der Waals surface area contributed by atoms with E-state index in [1.807, 2.05) is 0 Å².